The largest absolute Gasteiger partial charge is 0.326 e. The molecular formula is C14H17ClN2O2S2. The highest BCUT2D eigenvalue weighted by Crippen LogP contribution is 2.32. The molecule has 1 aromatic carbocycles. The summed E-state index contributed by atoms with van der Waals surface area (Å²) in [5.74, 6) is 0. The van der Waals surface area contributed by atoms with E-state index < -0.39 is 10.0 Å². The number of rotatable bonds is 5. The van der Waals surface area contributed by atoms with Crippen LogP contribution in [0.25, 0.3) is 0 Å². The lowest BCUT2D eigenvalue weighted by Gasteiger charge is -2.25. The predicted molar refractivity (Wildman–Crippen MR) is 87.0 cm³/mol. The van der Waals surface area contributed by atoms with Crippen LogP contribution in [0, 0.1) is 0 Å². The first-order chi connectivity index (χ1) is 9.89. The molecule has 0 aliphatic rings. The van der Waals surface area contributed by atoms with Crippen molar-refractivity contribution >= 4 is 33.0 Å². The van der Waals surface area contributed by atoms with Gasteiger partial charge in [-0.05, 0) is 30.0 Å². The second-order valence-corrected chi connectivity index (χ2v) is 8.00. The number of thiophene rings is 1. The van der Waals surface area contributed by atoms with E-state index in [1.807, 2.05) is 25.1 Å². The lowest BCUT2D eigenvalue weighted by Crippen LogP contribution is -2.30. The quantitative estimate of drug-likeness (QED) is 0.905. The van der Waals surface area contributed by atoms with Crippen molar-refractivity contribution in [2.45, 2.75) is 24.4 Å². The fourth-order valence-corrected chi connectivity index (χ4v) is 5.02. The van der Waals surface area contributed by atoms with Crippen molar-refractivity contribution in [3.8, 4) is 0 Å². The van der Waals surface area contributed by atoms with Crippen molar-refractivity contribution in [3.63, 3.8) is 0 Å². The molecule has 1 atom stereocenters. The summed E-state index contributed by atoms with van der Waals surface area (Å²) in [4.78, 5) is 0.935. The Balaban J connectivity index is 2.39. The van der Waals surface area contributed by atoms with Gasteiger partial charge in [0.1, 0.15) is 0 Å². The zero-order chi connectivity index (χ0) is 15.6. The van der Waals surface area contributed by atoms with Crippen molar-refractivity contribution in [3.05, 3.63) is 51.2 Å². The third kappa shape index (κ3) is 3.14. The van der Waals surface area contributed by atoms with Crippen molar-refractivity contribution in [1.29, 1.82) is 0 Å². The molecule has 0 amide bonds. The first-order valence-corrected chi connectivity index (χ1v) is 9.08. The van der Waals surface area contributed by atoms with Crippen molar-refractivity contribution in [2.24, 2.45) is 5.73 Å². The molecule has 0 aliphatic carbocycles. The van der Waals surface area contributed by atoms with Crippen LogP contribution in [0.3, 0.4) is 0 Å². The number of benzene rings is 1. The van der Waals surface area contributed by atoms with Crippen LogP contribution >= 0.6 is 22.9 Å². The molecule has 0 saturated carbocycles. The molecule has 1 aromatic heterocycles. The number of sulfonamides is 1. The maximum Gasteiger partial charge on any atom is 0.244 e. The van der Waals surface area contributed by atoms with Crippen LogP contribution in [0.4, 0.5) is 0 Å². The van der Waals surface area contributed by atoms with Crippen molar-refractivity contribution < 1.29 is 8.42 Å². The number of nitrogens with zero attached hydrogens (tertiary/aromatic N) is 1. The Kier molecular flexibility index (Phi) is 5.06. The van der Waals surface area contributed by atoms with Crippen molar-refractivity contribution in [1.82, 2.24) is 4.31 Å². The molecule has 0 spiro atoms. The highest BCUT2D eigenvalue weighted by molar-refractivity contribution is 7.89. The molecule has 0 bridgehead atoms. The summed E-state index contributed by atoms with van der Waals surface area (Å²) in [7, 11) is -2.04. The van der Waals surface area contributed by atoms with E-state index in [1.54, 1.807) is 24.6 Å². The minimum atomic E-state index is -3.60. The summed E-state index contributed by atoms with van der Waals surface area (Å²) < 4.78 is 26.8. The number of nitrogens with two attached hydrogens (primary N) is 1. The maximum atomic E-state index is 12.7. The Morgan fingerprint density at radius 1 is 1.33 bits per heavy atom. The third-order valence-corrected chi connectivity index (χ3v) is 6.88. The van der Waals surface area contributed by atoms with Gasteiger partial charge in [0.05, 0.1) is 4.90 Å². The summed E-state index contributed by atoms with van der Waals surface area (Å²) in [6.45, 7) is 2.02. The maximum absolute atomic E-state index is 12.7. The molecule has 0 aliphatic heterocycles. The third-order valence-electron chi connectivity index (χ3n) is 3.45. The summed E-state index contributed by atoms with van der Waals surface area (Å²) in [6, 6.07) is 8.47. The molecule has 2 N–H and O–H groups in total. The van der Waals surface area contributed by atoms with Gasteiger partial charge in [0.25, 0.3) is 0 Å². The molecule has 21 heavy (non-hydrogen) atoms. The molecule has 2 aromatic rings. The number of halogens is 1. The van der Waals surface area contributed by atoms with E-state index in [9.17, 15) is 8.42 Å². The molecule has 114 valence electrons. The molecule has 2 rings (SSSR count). The molecule has 1 heterocycles. The molecule has 4 nitrogen and oxygen atoms in total. The van der Waals surface area contributed by atoms with Gasteiger partial charge in [-0.1, -0.05) is 29.8 Å². The summed E-state index contributed by atoms with van der Waals surface area (Å²) in [5, 5.41) is 2.29. The van der Waals surface area contributed by atoms with E-state index in [-0.39, 0.29) is 17.5 Å². The fourth-order valence-electron chi connectivity index (χ4n) is 2.08. The van der Waals surface area contributed by atoms with Gasteiger partial charge in [-0.2, -0.15) is 4.31 Å². The molecule has 1 unspecified atom stereocenters. The van der Waals surface area contributed by atoms with Gasteiger partial charge in [-0.25, -0.2) is 8.42 Å². The smallest absolute Gasteiger partial charge is 0.244 e. The zero-order valence-corrected chi connectivity index (χ0v) is 14.2. The lowest BCUT2D eigenvalue weighted by atomic mass is 10.1. The molecule has 0 saturated heterocycles. The minimum Gasteiger partial charge on any atom is -0.326 e. The van der Waals surface area contributed by atoms with Crippen LogP contribution in [-0.4, -0.2) is 19.8 Å². The van der Waals surface area contributed by atoms with Gasteiger partial charge >= 0.3 is 0 Å². The van der Waals surface area contributed by atoms with Crippen LogP contribution in [-0.2, 0) is 16.6 Å². The standard InChI is InChI=1S/C14H17ClN2O2S2/c1-10(11-5-3-4-6-12(11)15)17(2)21(18,19)14-7-8-20-13(14)9-16/h3-8,10H,9,16H2,1-2H3. The van der Waals surface area contributed by atoms with Crippen LogP contribution in [0.15, 0.2) is 40.6 Å². The number of hydrogen-bond acceptors (Lipinski definition) is 4. The Labute approximate surface area is 134 Å². The zero-order valence-electron chi connectivity index (χ0n) is 11.8. The van der Waals surface area contributed by atoms with E-state index in [1.165, 1.54) is 15.6 Å². The molecule has 7 heteroatoms. The van der Waals surface area contributed by atoms with Gasteiger partial charge in [-0.3, -0.25) is 0 Å². The van der Waals surface area contributed by atoms with Crippen LogP contribution in [0.5, 0.6) is 0 Å². The van der Waals surface area contributed by atoms with E-state index >= 15 is 0 Å². The lowest BCUT2D eigenvalue weighted by molar-refractivity contribution is 0.398. The topological polar surface area (TPSA) is 63.4 Å². The normalized spacial score (nSPS) is 13.6. The predicted octanol–water partition coefficient (Wildman–Crippen LogP) is 3.24. The van der Waals surface area contributed by atoms with Gasteiger partial charge in [0.2, 0.25) is 10.0 Å². The number of hydrogen-bond donors (Lipinski definition) is 1. The monoisotopic (exact) mass is 344 g/mol. The Morgan fingerprint density at radius 2 is 2.00 bits per heavy atom. The fraction of sp³-hybridized carbons (Fsp3) is 0.286. The van der Waals surface area contributed by atoms with E-state index in [4.69, 9.17) is 17.3 Å². The van der Waals surface area contributed by atoms with Crippen LogP contribution in [0.2, 0.25) is 5.02 Å². The molecule has 0 radical (unpaired) electrons. The SMILES string of the molecule is CC(c1ccccc1Cl)N(C)S(=O)(=O)c1ccsc1CN. The Hall–Kier alpha value is -0.920. The Morgan fingerprint density at radius 3 is 2.62 bits per heavy atom. The van der Waals surface area contributed by atoms with Crippen molar-refractivity contribution in [2.75, 3.05) is 7.05 Å². The summed E-state index contributed by atoms with van der Waals surface area (Å²) in [5.41, 5.74) is 6.38. The van der Waals surface area contributed by atoms with E-state index in [0.717, 1.165) is 5.56 Å². The second-order valence-electron chi connectivity index (χ2n) is 4.63. The Bertz CT molecular complexity index is 728. The van der Waals surface area contributed by atoms with E-state index in [2.05, 4.69) is 0 Å². The van der Waals surface area contributed by atoms with Gasteiger partial charge in [0, 0.05) is 29.5 Å². The molecule has 0 fully saturated rings. The highest BCUT2D eigenvalue weighted by atomic mass is 35.5. The average Bonchev–Trinajstić information content (AvgIpc) is 2.95. The average molecular weight is 345 g/mol. The molecular weight excluding hydrogens is 328 g/mol. The van der Waals surface area contributed by atoms with Crippen LogP contribution in [0.1, 0.15) is 23.4 Å². The highest BCUT2D eigenvalue weighted by Gasteiger charge is 2.29. The second kappa shape index (κ2) is 6.46. The first-order valence-electron chi connectivity index (χ1n) is 6.38. The van der Waals surface area contributed by atoms with Gasteiger partial charge in [0.15, 0.2) is 0 Å². The minimum absolute atomic E-state index is 0.209. The van der Waals surface area contributed by atoms with Crippen LogP contribution < -0.4 is 5.73 Å². The van der Waals surface area contributed by atoms with Gasteiger partial charge < -0.3 is 5.73 Å². The van der Waals surface area contributed by atoms with Gasteiger partial charge in [-0.15, -0.1) is 11.3 Å². The summed E-state index contributed by atoms with van der Waals surface area (Å²) >= 11 is 7.50. The first kappa shape index (κ1) is 16.5. The summed E-state index contributed by atoms with van der Waals surface area (Å²) in [6.07, 6.45) is 0. The van der Waals surface area contributed by atoms with E-state index in [0.29, 0.717) is 9.90 Å².